The highest BCUT2D eigenvalue weighted by Gasteiger charge is 2.44. The van der Waals surface area contributed by atoms with Gasteiger partial charge in [0.2, 0.25) is 5.91 Å². The quantitative estimate of drug-likeness (QED) is 0.0263. The number of aliphatic hydroxyl groups is 5. The van der Waals surface area contributed by atoms with Gasteiger partial charge in [-0.2, -0.15) is 0 Å². The highest BCUT2D eigenvalue weighted by Crippen LogP contribution is 2.23. The van der Waals surface area contributed by atoms with E-state index in [1.165, 1.54) is 135 Å². The van der Waals surface area contributed by atoms with E-state index in [1.807, 2.05) is 6.08 Å². The van der Waals surface area contributed by atoms with Crippen molar-refractivity contribution in [2.24, 2.45) is 0 Å². The van der Waals surface area contributed by atoms with E-state index in [0.717, 1.165) is 64.2 Å². The molecule has 1 saturated heterocycles. The van der Waals surface area contributed by atoms with Crippen LogP contribution in [0.2, 0.25) is 0 Å². The Labute approximate surface area is 361 Å². The molecule has 59 heavy (non-hydrogen) atoms. The van der Waals surface area contributed by atoms with Gasteiger partial charge in [-0.1, -0.05) is 198 Å². The zero-order valence-electron chi connectivity index (χ0n) is 38.0. The van der Waals surface area contributed by atoms with E-state index in [0.29, 0.717) is 6.42 Å². The molecule has 1 heterocycles. The molecule has 6 N–H and O–H groups in total. The van der Waals surface area contributed by atoms with Gasteiger partial charge in [0.1, 0.15) is 24.4 Å². The number of hydrogen-bond donors (Lipinski definition) is 6. The summed E-state index contributed by atoms with van der Waals surface area (Å²) in [6.45, 7) is 3.69. The molecule has 1 aliphatic rings. The van der Waals surface area contributed by atoms with Crippen molar-refractivity contribution in [1.82, 2.24) is 5.32 Å². The first-order chi connectivity index (χ1) is 28.8. The number of hydrogen-bond acceptors (Lipinski definition) is 8. The Bertz CT molecular complexity index is 1020. The lowest BCUT2D eigenvalue weighted by Gasteiger charge is -2.40. The molecule has 0 aromatic heterocycles. The number of amides is 1. The second-order valence-corrected chi connectivity index (χ2v) is 17.2. The SMILES string of the molecule is CCC/C=C\CCCCCCCC(=O)NC(COC1OC(CO)C(O)C(O)C1O)C(O)/C=C/CC/C=C/CCCCCCCCCCCCCCCCCCCCCC. The third-order valence-electron chi connectivity index (χ3n) is 11.7. The Morgan fingerprint density at radius 3 is 1.49 bits per heavy atom. The molecule has 7 atom stereocenters. The lowest BCUT2D eigenvalue weighted by Crippen LogP contribution is -2.60. The fourth-order valence-corrected chi connectivity index (χ4v) is 7.70. The van der Waals surface area contributed by atoms with Gasteiger partial charge in [0.25, 0.3) is 0 Å². The predicted octanol–water partition coefficient (Wildman–Crippen LogP) is 10.8. The number of ether oxygens (including phenoxy) is 2. The topological polar surface area (TPSA) is 149 Å². The fraction of sp³-hybridized carbons (Fsp3) is 0.860. The number of aliphatic hydroxyl groups excluding tert-OH is 5. The van der Waals surface area contributed by atoms with Gasteiger partial charge in [-0.3, -0.25) is 4.79 Å². The van der Waals surface area contributed by atoms with Gasteiger partial charge in [-0.15, -0.1) is 0 Å². The number of allylic oxidation sites excluding steroid dienone is 5. The van der Waals surface area contributed by atoms with Crippen LogP contribution < -0.4 is 5.32 Å². The molecular formula is C50H93NO8. The van der Waals surface area contributed by atoms with E-state index in [4.69, 9.17) is 9.47 Å². The van der Waals surface area contributed by atoms with Crippen molar-refractivity contribution < 1.29 is 39.8 Å². The first-order valence-electron chi connectivity index (χ1n) is 24.7. The second kappa shape index (κ2) is 40.5. The third-order valence-corrected chi connectivity index (χ3v) is 11.7. The molecule has 0 bridgehead atoms. The van der Waals surface area contributed by atoms with Gasteiger partial charge in [0.05, 0.1) is 25.4 Å². The van der Waals surface area contributed by atoms with Crippen LogP contribution in [-0.2, 0) is 14.3 Å². The molecule has 0 radical (unpaired) electrons. The lowest BCUT2D eigenvalue weighted by molar-refractivity contribution is -0.302. The molecular weight excluding hydrogens is 743 g/mol. The summed E-state index contributed by atoms with van der Waals surface area (Å²) in [7, 11) is 0. The average Bonchev–Trinajstić information content (AvgIpc) is 3.23. The molecule has 0 aromatic carbocycles. The van der Waals surface area contributed by atoms with Crippen LogP contribution in [0.5, 0.6) is 0 Å². The number of unbranched alkanes of at least 4 members (excludes halogenated alkanes) is 27. The van der Waals surface area contributed by atoms with E-state index >= 15 is 0 Å². The van der Waals surface area contributed by atoms with E-state index in [2.05, 4.69) is 43.5 Å². The van der Waals surface area contributed by atoms with Crippen molar-refractivity contribution in [3.05, 3.63) is 36.5 Å². The van der Waals surface area contributed by atoms with Crippen LogP contribution in [0.1, 0.15) is 219 Å². The van der Waals surface area contributed by atoms with Gasteiger partial charge >= 0.3 is 0 Å². The van der Waals surface area contributed by atoms with Crippen molar-refractivity contribution in [1.29, 1.82) is 0 Å². The fourth-order valence-electron chi connectivity index (χ4n) is 7.70. The van der Waals surface area contributed by atoms with Crippen LogP contribution in [0, 0.1) is 0 Å². The van der Waals surface area contributed by atoms with Crippen LogP contribution in [0.15, 0.2) is 36.5 Å². The maximum absolute atomic E-state index is 12.9. The third kappa shape index (κ3) is 31.0. The number of carbonyl (C=O) groups is 1. The van der Waals surface area contributed by atoms with Crippen LogP contribution in [-0.4, -0.2) is 87.5 Å². The molecule has 0 aromatic rings. The zero-order chi connectivity index (χ0) is 43.0. The zero-order valence-corrected chi connectivity index (χ0v) is 38.0. The first-order valence-corrected chi connectivity index (χ1v) is 24.7. The van der Waals surface area contributed by atoms with E-state index in [9.17, 15) is 30.3 Å². The van der Waals surface area contributed by atoms with Crippen LogP contribution in [0.4, 0.5) is 0 Å². The Hall–Kier alpha value is -1.59. The van der Waals surface area contributed by atoms with Crippen molar-refractivity contribution in [2.75, 3.05) is 13.2 Å². The molecule has 0 aliphatic carbocycles. The maximum Gasteiger partial charge on any atom is 0.220 e. The molecule has 1 aliphatic heterocycles. The minimum atomic E-state index is -1.57. The summed E-state index contributed by atoms with van der Waals surface area (Å²) in [4.78, 5) is 12.9. The molecule has 0 spiro atoms. The maximum atomic E-state index is 12.9. The second-order valence-electron chi connectivity index (χ2n) is 17.2. The minimum Gasteiger partial charge on any atom is -0.394 e. The molecule has 9 nitrogen and oxygen atoms in total. The molecule has 1 fully saturated rings. The van der Waals surface area contributed by atoms with Crippen molar-refractivity contribution in [3.63, 3.8) is 0 Å². The van der Waals surface area contributed by atoms with Crippen molar-refractivity contribution >= 4 is 5.91 Å². The first kappa shape index (κ1) is 55.4. The summed E-state index contributed by atoms with van der Waals surface area (Å²) in [6.07, 6.45) is 43.6. The molecule has 1 amide bonds. The summed E-state index contributed by atoms with van der Waals surface area (Å²) in [5.74, 6) is -0.199. The lowest BCUT2D eigenvalue weighted by atomic mass is 9.99. The van der Waals surface area contributed by atoms with Gasteiger partial charge in [-0.05, 0) is 51.4 Å². The summed E-state index contributed by atoms with van der Waals surface area (Å²) in [5.41, 5.74) is 0. The number of rotatable bonds is 41. The molecule has 9 heteroatoms. The normalized spacial score (nSPS) is 21.0. The van der Waals surface area contributed by atoms with Gasteiger partial charge in [-0.25, -0.2) is 0 Å². The Morgan fingerprint density at radius 2 is 1.00 bits per heavy atom. The summed E-state index contributed by atoms with van der Waals surface area (Å²) in [5, 5.41) is 54.1. The molecule has 1 rings (SSSR count). The molecule has 7 unspecified atom stereocenters. The van der Waals surface area contributed by atoms with Crippen molar-refractivity contribution in [2.45, 2.75) is 262 Å². The molecule has 346 valence electrons. The summed E-state index contributed by atoms with van der Waals surface area (Å²) in [6, 6.07) is -0.823. The Kier molecular flexibility index (Phi) is 38.0. The Balaban J connectivity index is 2.25. The highest BCUT2D eigenvalue weighted by atomic mass is 16.7. The van der Waals surface area contributed by atoms with Crippen molar-refractivity contribution in [3.8, 4) is 0 Å². The van der Waals surface area contributed by atoms with Crippen LogP contribution in [0.25, 0.3) is 0 Å². The van der Waals surface area contributed by atoms with Gasteiger partial charge in [0, 0.05) is 6.42 Å². The number of carbonyl (C=O) groups excluding carboxylic acids is 1. The predicted molar refractivity (Wildman–Crippen MR) is 244 cm³/mol. The van der Waals surface area contributed by atoms with E-state index in [1.54, 1.807) is 6.08 Å². The standard InChI is InChI=1S/C50H93NO8/c1-3-5-7-9-11-13-15-16-17-18-19-20-21-22-23-24-25-26-27-28-29-30-31-33-35-37-39-44(53)43(42-58-50-49(57)48(56)47(55)45(41-52)59-50)51-46(54)40-38-36-34-32-14-12-10-8-6-4-2/h8,10,30-31,37,39,43-45,47-50,52-53,55-57H,3-7,9,11-29,32-36,38,40-42H2,1-2H3,(H,51,54)/b10-8-,31-30+,39-37+. The summed E-state index contributed by atoms with van der Waals surface area (Å²) < 4.78 is 11.2. The summed E-state index contributed by atoms with van der Waals surface area (Å²) >= 11 is 0. The minimum absolute atomic E-state index is 0.199. The Morgan fingerprint density at radius 1 is 0.559 bits per heavy atom. The monoisotopic (exact) mass is 836 g/mol. The number of nitrogens with one attached hydrogen (secondary N) is 1. The molecule has 0 saturated carbocycles. The smallest absolute Gasteiger partial charge is 0.220 e. The van der Waals surface area contributed by atoms with Crippen LogP contribution >= 0.6 is 0 Å². The largest absolute Gasteiger partial charge is 0.394 e. The van der Waals surface area contributed by atoms with Gasteiger partial charge < -0.3 is 40.3 Å². The highest BCUT2D eigenvalue weighted by molar-refractivity contribution is 5.76. The van der Waals surface area contributed by atoms with E-state index in [-0.39, 0.29) is 12.5 Å². The van der Waals surface area contributed by atoms with Gasteiger partial charge in [0.15, 0.2) is 6.29 Å². The van der Waals surface area contributed by atoms with E-state index < -0.39 is 49.5 Å². The van der Waals surface area contributed by atoms with Crippen LogP contribution in [0.3, 0.4) is 0 Å². The average molecular weight is 836 g/mol.